The summed E-state index contributed by atoms with van der Waals surface area (Å²) in [5.74, 6) is 0.762. The Morgan fingerprint density at radius 1 is 1.08 bits per heavy atom. The van der Waals surface area contributed by atoms with Crippen molar-refractivity contribution in [3.8, 4) is 11.5 Å². The highest BCUT2D eigenvalue weighted by Crippen LogP contribution is 2.42. The summed E-state index contributed by atoms with van der Waals surface area (Å²) >= 11 is 1.47. The molecule has 0 radical (unpaired) electrons. The standard InChI is InChI=1S/C26H25F3N2O4S/c27-26(28,29)18-8-5-16(6-9-18)12-23-25(33)31(19-3-1-2-4-22(19)36-23)14-24(32)30-13-17-7-10-20-21(11-17)35-15-34-20/h5-12,19,22H,1-4,13-15H2,(H,30,32)/b23-12-. The molecule has 0 spiro atoms. The van der Waals surface area contributed by atoms with Gasteiger partial charge in [-0.15, -0.1) is 11.8 Å². The molecular weight excluding hydrogens is 493 g/mol. The molecule has 2 amide bonds. The highest BCUT2D eigenvalue weighted by Gasteiger charge is 2.41. The maximum Gasteiger partial charge on any atom is 0.416 e. The number of halogens is 3. The first-order valence-corrected chi connectivity index (χ1v) is 12.7. The molecule has 3 aliphatic rings. The Bertz CT molecular complexity index is 1180. The van der Waals surface area contributed by atoms with E-state index in [4.69, 9.17) is 9.47 Å². The summed E-state index contributed by atoms with van der Waals surface area (Å²) in [6.07, 6.45) is 0.980. The van der Waals surface area contributed by atoms with Crippen LogP contribution in [0.4, 0.5) is 13.2 Å². The molecule has 190 valence electrons. The number of fused-ring (bicyclic) bond motifs is 2. The Kier molecular flexibility index (Phi) is 6.87. The van der Waals surface area contributed by atoms with Crippen LogP contribution in [-0.2, 0) is 22.3 Å². The van der Waals surface area contributed by atoms with Crippen LogP contribution in [0.2, 0.25) is 0 Å². The van der Waals surface area contributed by atoms with Crippen LogP contribution in [0.1, 0.15) is 42.4 Å². The van der Waals surface area contributed by atoms with Crippen molar-refractivity contribution in [2.24, 2.45) is 0 Å². The molecule has 0 bridgehead atoms. The van der Waals surface area contributed by atoms with Gasteiger partial charge >= 0.3 is 6.18 Å². The van der Waals surface area contributed by atoms with Crippen molar-refractivity contribution in [2.75, 3.05) is 13.3 Å². The highest BCUT2D eigenvalue weighted by molar-refractivity contribution is 8.04. The molecule has 5 rings (SSSR count). The van der Waals surface area contributed by atoms with Crippen molar-refractivity contribution in [2.45, 2.75) is 49.7 Å². The third-order valence-electron chi connectivity index (χ3n) is 6.59. The zero-order valence-corrected chi connectivity index (χ0v) is 20.2. The van der Waals surface area contributed by atoms with E-state index in [1.54, 1.807) is 17.0 Å². The van der Waals surface area contributed by atoms with Gasteiger partial charge in [-0.2, -0.15) is 13.2 Å². The van der Waals surface area contributed by atoms with Gasteiger partial charge in [0.25, 0.3) is 5.91 Å². The number of benzene rings is 2. The quantitative estimate of drug-likeness (QED) is 0.566. The molecule has 2 aromatic rings. The van der Waals surface area contributed by atoms with Gasteiger partial charge in [0, 0.05) is 17.8 Å². The van der Waals surface area contributed by atoms with Crippen LogP contribution >= 0.6 is 11.8 Å². The summed E-state index contributed by atoms with van der Waals surface area (Å²) < 4.78 is 49.4. The molecular formula is C26H25F3N2O4S. The number of hydrogen-bond donors (Lipinski definition) is 1. The van der Waals surface area contributed by atoms with Crippen LogP contribution in [0.5, 0.6) is 11.5 Å². The topological polar surface area (TPSA) is 67.9 Å². The molecule has 2 aromatic carbocycles. The number of alkyl halides is 3. The number of rotatable bonds is 5. The van der Waals surface area contributed by atoms with Crippen molar-refractivity contribution >= 4 is 29.7 Å². The molecule has 2 heterocycles. The number of thioether (sulfide) groups is 1. The molecule has 2 fully saturated rings. The molecule has 0 aromatic heterocycles. The van der Waals surface area contributed by atoms with Crippen LogP contribution in [-0.4, -0.2) is 41.3 Å². The molecule has 6 nitrogen and oxygen atoms in total. The molecule has 10 heteroatoms. The van der Waals surface area contributed by atoms with Crippen molar-refractivity contribution < 1.29 is 32.2 Å². The van der Waals surface area contributed by atoms with E-state index in [1.165, 1.54) is 23.9 Å². The zero-order valence-electron chi connectivity index (χ0n) is 19.3. The summed E-state index contributed by atoms with van der Waals surface area (Å²) in [6.45, 7) is 0.384. The number of amides is 2. The smallest absolute Gasteiger partial charge is 0.416 e. The molecule has 1 N–H and O–H groups in total. The van der Waals surface area contributed by atoms with Gasteiger partial charge in [0.2, 0.25) is 12.7 Å². The van der Waals surface area contributed by atoms with E-state index >= 15 is 0 Å². The fourth-order valence-corrected chi connectivity index (χ4v) is 6.22. The fourth-order valence-electron chi connectivity index (χ4n) is 4.74. The van der Waals surface area contributed by atoms with Crippen LogP contribution in [0, 0.1) is 0 Å². The first-order valence-electron chi connectivity index (χ1n) is 11.8. The summed E-state index contributed by atoms with van der Waals surface area (Å²) in [5, 5.41) is 3.03. The summed E-state index contributed by atoms with van der Waals surface area (Å²) in [4.78, 5) is 28.3. The first-order chi connectivity index (χ1) is 17.3. The Balaban J connectivity index is 1.29. The summed E-state index contributed by atoms with van der Waals surface area (Å²) in [5.41, 5.74) is 0.632. The lowest BCUT2D eigenvalue weighted by molar-refractivity contribution is -0.137. The maximum atomic E-state index is 13.4. The predicted molar refractivity (Wildman–Crippen MR) is 129 cm³/mol. The first kappa shape index (κ1) is 24.5. The summed E-state index contributed by atoms with van der Waals surface area (Å²) in [6, 6.07) is 10.1. The molecule has 2 unspecified atom stereocenters. The number of carbonyl (C=O) groups is 2. The lowest BCUT2D eigenvalue weighted by Gasteiger charge is -2.43. The largest absolute Gasteiger partial charge is 0.454 e. The fraction of sp³-hybridized carbons (Fsp3) is 0.385. The number of hydrogen-bond acceptors (Lipinski definition) is 5. The van der Waals surface area contributed by atoms with E-state index in [1.807, 2.05) is 12.1 Å². The second-order valence-corrected chi connectivity index (χ2v) is 10.3. The third kappa shape index (κ3) is 5.33. The normalized spacial score (nSPS) is 22.5. The van der Waals surface area contributed by atoms with Crippen molar-refractivity contribution in [3.63, 3.8) is 0 Å². The van der Waals surface area contributed by atoms with Gasteiger partial charge in [-0.3, -0.25) is 9.59 Å². The van der Waals surface area contributed by atoms with Crippen LogP contribution in [0.3, 0.4) is 0 Å². The Labute approximate surface area is 210 Å². The Morgan fingerprint density at radius 2 is 1.83 bits per heavy atom. The van der Waals surface area contributed by atoms with Gasteiger partial charge in [-0.25, -0.2) is 0 Å². The zero-order chi connectivity index (χ0) is 25.3. The number of nitrogens with one attached hydrogen (secondary N) is 1. The van der Waals surface area contributed by atoms with E-state index in [0.29, 0.717) is 22.0 Å². The number of nitrogens with zero attached hydrogens (tertiary/aromatic N) is 1. The lowest BCUT2D eigenvalue weighted by atomic mass is 9.93. The lowest BCUT2D eigenvalue weighted by Crippen LogP contribution is -2.54. The second kappa shape index (κ2) is 10.1. The van der Waals surface area contributed by atoms with E-state index in [-0.39, 0.29) is 43.0 Å². The van der Waals surface area contributed by atoms with Crippen molar-refractivity contribution in [1.29, 1.82) is 0 Å². The summed E-state index contributed by atoms with van der Waals surface area (Å²) in [7, 11) is 0. The van der Waals surface area contributed by atoms with E-state index in [0.717, 1.165) is 43.4 Å². The number of ether oxygens (including phenoxy) is 2. The average molecular weight is 519 g/mol. The minimum atomic E-state index is -4.42. The van der Waals surface area contributed by atoms with Gasteiger partial charge < -0.3 is 19.7 Å². The van der Waals surface area contributed by atoms with Crippen LogP contribution in [0.25, 0.3) is 6.08 Å². The average Bonchev–Trinajstić information content (AvgIpc) is 3.33. The van der Waals surface area contributed by atoms with E-state index in [9.17, 15) is 22.8 Å². The second-order valence-electron chi connectivity index (χ2n) is 9.03. The van der Waals surface area contributed by atoms with Crippen LogP contribution < -0.4 is 14.8 Å². The molecule has 36 heavy (non-hydrogen) atoms. The Morgan fingerprint density at radius 3 is 2.61 bits per heavy atom. The molecule has 1 saturated carbocycles. The van der Waals surface area contributed by atoms with E-state index < -0.39 is 11.7 Å². The Hall–Kier alpha value is -3.14. The van der Waals surface area contributed by atoms with Gasteiger partial charge in [0.05, 0.1) is 10.5 Å². The third-order valence-corrected chi connectivity index (χ3v) is 7.99. The van der Waals surface area contributed by atoms with Crippen LogP contribution in [0.15, 0.2) is 47.4 Å². The van der Waals surface area contributed by atoms with Crippen molar-refractivity contribution in [3.05, 3.63) is 64.1 Å². The van der Waals surface area contributed by atoms with Gasteiger partial charge in [0.15, 0.2) is 11.5 Å². The number of carbonyl (C=O) groups excluding carboxylic acids is 2. The van der Waals surface area contributed by atoms with E-state index in [2.05, 4.69) is 5.32 Å². The molecule has 1 aliphatic carbocycles. The molecule has 2 aliphatic heterocycles. The van der Waals surface area contributed by atoms with Gasteiger partial charge in [-0.1, -0.05) is 31.0 Å². The monoisotopic (exact) mass is 518 g/mol. The minimum Gasteiger partial charge on any atom is -0.454 e. The minimum absolute atomic E-state index is 0.0442. The molecule has 1 saturated heterocycles. The predicted octanol–water partition coefficient (Wildman–Crippen LogP) is 4.98. The SMILES string of the molecule is O=C(CN1C(=O)/C(=C/c2ccc(C(F)(F)F)cc2)SC2CCCCC21)NCc1ccc2c(c1)OCO2. The van der Waals surface area contributed by atoms with Gasteiger partial charge in [-0.05, 0) is 54.3 Å². The maximum absolute atomic E-state index is 13.4. The highest BCUT2D eigenvalue weighted by atomic mass is 32.2. The molecule has 2 atom stereocenters. The van der Waals surface area contributed by atoms with Crippen molar-refractivity contribution in [1.82, 2.24) is 10.2 Å². The van der Waals surface area contributed by atoms with Gasteiger partial charge in [0.1, 0.15) is 6.54 Å².